The van der Waals surface area contributed by atoms with Crippen molar-refractivity contribution in [2.75, 3.05) is 0 Å². The van der Waals surface area contributed by atoms with E-state index in [0.29, 0.717) is 21.6 Å². The van der Waals surface area contributed by atoms with Crippen molar-refractivity contribution in [3.05, 3.63) is 41.4 Å². The molecule has 2 aromatic rings. The molecular weight excluding hydrogens is 290 g/mol. The molecule has 21 heavy (non-hydrogen) atoms. The van der Waals surface area contributed by atoms with Gasteiger partial charge in [0.25, 0.3) is 5.19 Å². The van der Waals surface area contributed by atoms with Gasteiger partial charge in [-0.3, -0.25) is 5.21 Å². The van der Waals surface area contributed by atoms with Crippen molar-refractivity contribution >= 4 is 17.4 Å². The first-order valence-corrected chi connectivity index (χ1v) is 6.90. The molecule has 1 aromatic heterocycles. The van der Waals surface area contributed by atoms with Crippen LogP contribution in [-0.2, 0) is 0 Å². The van der Waals surface area contributed by atoms with Crippen LogP contribution in [0.1, 0.15) is 12.5 Å². The highest BCUT2D eigenvalue weighted by molar-refractivity contribution is 7.11. The predicted octanol–water partition coefficient (Wildman–Crippen LogP) is 2.45. The van der Waals surface area contributed by atoms with Crippen molar-refractivity contribution in [1.82, 2.24) is 10.0 Å². The number of urea groups is 1. The number of nitrogens with zero attached hydrogens (tertiary/aromatic N) is 2. The Morgan fingerprint density at radius 3 is 3.05 bits per heavy atom. The number of carbonyl (C=O) groups excluding carboxylic acids is 1. The van der Waals surface area contributed by atoms with Crippen molar-refractivity contribution < 1.29 is 14.7 Å². The molecule has 108 valence electrons. The van der Waals surface area contributed by atoms with Gasteiger partial charge in [-0.1, -0.05) is 29.2 Å². The fourth-order valence-electron chi connectivity index (χ4n) is 1.44. The van der Waals surface area contributed by atoms with Crippen molar-refractivity contribution in [1.29, 1.82) is 0 Å². The highest BCUT2D eigenvalue weighted by Gasteiger charge is 2.11. The second-order valence-electron chi connectivity index (χ2n) is 4.06. The molecule has 6 nitrogen and oxygen atoms in total. The van der Waals surface area contributed by atoms with Crippen LogP contribution in [0.4, 0.5) is 4.79 Å². The molecule has 0 aliphatic heterocycles. The van der Waals surface area contributed by atoms with Crippen molar-refractivity contribution in [3.63, 3.8) is 0 Å². The van der Waals surface area contributed by atoms with Gasteiger partial charge in [-0.15, -0.1) is 0 Å². The fraction of sp³-hybridized carbons (Fsp3) is 0.143. The lowest BCUT2D eigenvalue weighted by molar-refractivity contribution is -0.0536. The summed E-state index contributed by atoms with van der Waals surface area (Å²) in [4.78, 5) is 14.8. The third-order valence-corrected chi connectivity index (χ3v) is 3.12. The van der Waals surface area contributed by atoms with Crippen LogP contribution >= 0.6 is 11.3 Å². The van der Waals surface area contributed by atoms with E-state index in [1.807, 2.05) is 5.38 Å². The minimum absolute atomic E-state index is 0.378. The molecule has 0 aliphatic carbocycles. The summed E-state index contributed by atoms with van der Waals surface area (Å²) in [5, 5.41) is 12.1. The normalized spacial score (nSPS) is 11.1. The average molecular weight is 303 g/mol. The first-order chi connectivity index (χ1) is 10.1. The number of nitrogens with two attached hydrogens (primary N) is 1. The first-order valence-electron chi connectivity index (χ1n) is 6.03. The van der Waals surface area contributed by atoms with E-state index >= 15 is 0 Å². The molecule has 3 N–H and O–H groups in total. The Kier molecular flexibility index (Phi) is 4.77. The maximum Gasteiger partial charge on any atom is 0.339 e. The molecule has 0 saturated heterocycles. The molecule has 2 amide bonds. The van der Waals surface area contributed by atoms with Crippen LogP contribution in [0.25, 0.3) is 0 Å². The van der Waals surface area contributed by atoms with Gasteiger partial charge in [0.05, 0.1) is 0 Å². The minimum atomic E-state index is -0.947. The Hall–Kier alpha value is -2.56. The number of ether oxygens (including phenoxy) is 1. The molecule has 2 rings (SSSR count). The number of rotatable bonds is 3. The number of thiazole rings is 1. The first kappa shape index (κ1) is 14.8. The number of hydroxylamine groups is 2. The maximum atomic E-state index is 10.8. The fourth-order valence-corrected chi connectivity index (χ4v) is 1.94. The van der Waals surface area contributed by atoms with Crippen LogP contribution in [0.5, 0.6) is 10.9 Å². The summed E-state index contributed by atoms with van der Waals surface area (Å²) in [5.41, 5.74) is 5.64. The number of hydrogen-bond acceptors (Lipinski definition) is 5. The second kappa shape index (κ2) is 6.74. The SMILES string of the molecule is CC(C#Cc1cccc(Oc2nccs2)c1)N(O)C(N)=O. The number of aromatic nitrogens is 1. The minimum Gasteiger partial charge on any atom is -0.431 e. The molecule has 0 spiro atoms. The third-order valence-electron chi connectivity index (χ3n) is 2.47. The second-order valence-corrected chi connectivity index (χ2v) is 4.91. The van der Waals surface area contributed by atoms with E-state index in [4.69, 9.17) is 10.5 Å². The standard InChI is InChI=1S/C14H13N3O3S/c1-10(17(19)13(15)18)5-6-11-3-2-4-12(9-11)20-14-16-7-8-21-14/h2-4,7-10,19H,1H3,(H2,15,18). The Bertz CT molecular complexity index is 676. The molecule has 7 heteroatoms. The topological polar surface area (TPSA) is 88.7 Å². The molecule has 0 radical (unpaired) electrons. The summed E-state index contributed by atoms with van der Waals surface area (Å²) < 4.78 is 5.56. The van der Waals surface area contributed by atoms with Gasteiger partial charge in [0.15, 0.2) is 0 Å². The van der Waals surface area contributed by atoms with Crippen molar-refractivity contribution in [2.24, 2.45) is 5.73 Å². The van der Waals surface area contributed by atoms with E-state index in [1.54, 1.807) is 37.4 Å². The zero-order valence-electron chi connectivity index (χ0n) is 11.2. The van der Waals surface area contributed by atoms with Gasteiger partial charge in [0.2, 0.25) is 0 Å². The Morgan fingerprint density at radius 1 is 1.57 bits per heavy atom. The largest absolute Gasteiger partial charge is 0.431 e. The monoisotopic (exact) mass is 303 g/mol. The molecular formula is C14H13N3O3S. The highest BCUT2D eigenvalue weighted by Crippen LogP contribution is 2.23. The van der Waals surface area contributed by atoms with E-state index in [-0.39, 0.29) is 0 Å². The van der Waals surface area contributed by atoms with Crippen LogP contribution in [0.15, 0.2) is 35.8 Å². The highest BCUT2D eigenvalue weighted by atomic mass is 32.1. The van der Waals surface area contributed by atoms with Gasteiger partial charge in [-0.05, 0) is 25.1 Å². The Balaban J connectivity index is 2.10. The van der Waals surface area contributed by atoms with Crippen LogP contribution in [0.3, 0.4) is 0 Å². The Morgan fingerprint density at radius 2 is 2.38 bits per heavy atom. The zero-order valence-corrected chi connectivity index (χ0v) is 12.0. The molecule has 0 aliphatic rings. The van der Waals surface area contributed by atoms with E-state index in [9.17, 15) is 10.0 Å². The molecule has 0 saturated carbocycles. The maximum absolute atomic E-state index is 10.8. The van der Waals surface area contributed by atoms with E-state index in [1.165, 1.54) is 11.3 Å². The average Bonchev–Trinajstić information content (AvgIpc) is 2.97. The molecule has 0 bridgehead atoms. The van der Waals surface area contributed by atoms with Crippen LogP contribution in [0, 0.1) is 11.8 Å². The van der Waals surface area contributed by atoms with Gasteiger partial charge in [0.1, 0.15) is 11.8 Å². The summed E-state index contributed by atoms with van der Waals surface area (Å²) in [6, 6.07) is 5.47. The number of carbonyl (C=O) groups is 1. The summed E-state index contributed by atoms with van der Waals surface area (Å²) in [7, 11) is 0. The lowest BCUT2D eigenvalue weighted by Gasteiger charge is -2.14. The van der Waals surface area contributed by atoms with Crippen molar-refractivity contribution in [3.8, 4) is 22.8 Å². The van der Waals surface area contributed by atoms with Crippen LogP contribution in [-0.4, -0.2) is 27.3 Å². The smallest absolute Gasteiger partial charge is 0.339 e. The molecule has 1 atom stereocenters. The Labute approximate surface area is 125 Å². The van der Waals surface area contributed by atoms with E-state index in [0.717, 1.165) is 0 Å². The molecule has 1 unspecified atom stereocenters. The zero-order chi connectivity index (χ0) is 15.2. The molecule has 1 heterocycles. The van der Waals surface area contributed by atoms with Gasteiger partial charge in [0, 0.05) is 17.1 Å². The summed E-state index contributed by atoms with van der Waals surface area (Å²) in [6.45, 7) is 1.56. The lowest BCUT2D eigenvalue weighted by Crippen LogP contribution is -2.38. The van der Waals surface area contributed by atoms with Gasteiger partial charge in [-0.2, -0.15) is 5.06 Å². The number of primary amides is 1. The van der Waals surface area contributed by atoms with Crippen LogP contribution < -0.4 is 10.5 Å². The van der Waals surface area contributed by atoms with Gasteiger partial charge >= 0.3 is 6.03 Å². The molecule has 1 aromatic carbocycles. The number of amides is 2. The summed E-state index contributed by atoms with van der Waals surface area (Å²) in [6.07, 6.45) is 1.66. The predicted molar refractivity (Wildman–Crippen MR) is 78.2 cm³/mol. The van der Waals surface area contributed by atoms with Crippen LogP contribution in [0.2, 0.25) is 0 Å². The van der Waals surface area contributed by atoms with E-state index < -0.39 is 12.1 Å². The summed E-state index contributed by atoms with van der Waals surface area (Å²) in [5.74, 6) is 6.18. The van der Waals surface area contributed by atoms with Crippen molar-refractivity contribution in [2.45, 2.75) is 13.0 Å². The number of benzene rings is 1. The van der Waals surface area contributed by atoms with Gasteiger partial charge in [-0.25, -0.2) is 9.78 Å². The third kappa shape index (κ3) is 4.21. The summed E-state index contributed by atoms with van der Waals surface area (Å²) >= 11 is 1.39. The van der Waals surface area contributed by atoms with E-state index in [2.05, 4.69) is 16.8 Å². The van der Waals surface area contributed by atoms with Gasteiger partial charge < -0.3 is 10.5 Å². The number of hydrogen-bond donors (Lipinski definition) is 2. The lowest BCUT2D eigenvalue weighted by atomic mass is 10.2. The molecule has 0 fully saturated rings. The quantitative estimate of drug-likeness (QED) is 0.518.